The Morgan fingerprint density at radius 1 is 1.33 bits per heavy atom. The summed E-state index contributed by atoms with van der Waals surface area (Å²) >= 11 is 0. The number of carbonyl (C=O) groups is 1. The number of fused-ring (bicyclic) bond motifs is 1. The summed E-state index contributed by atoms with van der Waals surface area (Å²) in [6, 6.07) is 8.25. The van der Waals surface area contributed by atoms with E-state index in [1.165, 1.54) is 6.07 Å². The maximum absolute atomic E-state index is 12.3. The summed E-state index contributed by atoms with van der Waals surface area (Å²) in [6.45, 7) is 3.93. The van der Waals surface area contributed by atoms with Crippen LogP contribution in [0.2, 0.25) is 0 Å². The molecule has 1 aromatic heterocycles. The first-order valence-corrected chi connectivity index (χ1v) is 8.22. The van der Waals surface area contributed by atoms with Gasteiger partial charge in [-0.05, 0) is 38.0 Å². The fraction of sp³-hybridized carbons (Fsp3) is 0.444. The maximum Gasteiger partial charge on any atom is 0.336 e. The standard InChI is InChI=1S/C18H21NO5/c1-2-22-15-4-3-9-19(11-15)17(20)12-23-14-7-5-13-6-8-18(21)24-16(13)10-14/h5-8,10,15H,2-4,9,11-12H2,1H3. The van der Waals surface area contributed by atoms with Crippen LogP contribution in [0.25, 0.3) is 11.0 Å². The van der Waals surface area contributed by atoms with E-state index in [9.17, 15) is 9.59 Å². The molecule has 0 bridgehead atoms. The fourth-order valence-electron chi connectivity index (χ4n) is 2.90. The van der Waals surface area contributed by atoms with E-state index in [0.29, 0.717) is 24.5 Å². The van der Waals surface area contributed by atoms with Crippen LogP contribution in [0.3, 0.4) is 0 Å². The average Bonchev–Trinajstić information content (AvgIpc) is 2.60. The molecule has 1 unspecified atom stereocenters. The maximum atomic E-state index is 12.3. The van der Waals surface area contributed by atoms with Crippen molar-refractivity contribution in [2.75, 3.05) is 26.3 Å². The lowest BCUT2D eigenvalue weighted by molar-refractivity contribution is -0.137. The summed E-state index contributed by atoms with van der Waals surface area (Å²) in [5, 5.41) is 0.809. The molecule has 0 aliphatic carbocycles. The van der Waals surface area contributed by atoms with Gasteiger partial charge in [0.15, 0.2) is 6.61 Å². The van der Waals surface area contributed by atoms with Gasteiger partial charge in [-0.2, -0.15) is 0 Å². The van der Waals surface area contributed by atoms with Crippen LogP contribution in [0.15, 0.2) is 39.5 Å². The van der Waals surface area contributed by atoms with E-state index in [2.05, 4.69) is 0 Å². The monoisotopic (exact) mass is 331 g/mol. The first-order chi connectivity index (χ1) is 11.7. The van der Waals surface area contributed by atoms with Gasteiger partial charge in [-0.25, -0.2) is 4.79 Å². The molecule has 2 heterocycles. The number of piperidine rings is 1. The van der Waals surface area contributed by atoms with E-state index in [4.69, 9.17) is 13.9 Å². The lowest BCUT2D eigenvalue weighted by Crippen LogP contribution is -2.45. The second-order valence-electron chi connectivity index (χ2n) is 5.80. The first-order valence-electron chi connectivity index (χ1n) is 8.22. The molecule has 24 heavy (non-hydrogen) atoms. The molecule has 1 saturated heterocycles. The first kappa shape index (κ1) is 16.5. The quantitative estimate of drug-likeness (QED) is 0.786. The predicted octanol–water partition coefficient (Wildman–Crippen LogP) is 2.20. The van der Waals surface area contributed by atoms with E-state index in [1.807, 2.05) is 6.92 Å². The molecule has 3 rings (SSSR count). The Morgan fingerprint density at radius 3 is 3.00 bits per heavy atom. The van der Waals surface area contributed by atoms with Crippen LogP contribution in [0.1, 0.15) is 19.8 Å². The Hall–Kier alpha value is -2.34. The number of benzene rings is 1. The minimum Gasteiger partial charge on any atom is -0.484 e. The van der Waals surface area contributed by atoms with Crippen LogP contribution in [0.5, 0.6) is 5.75 Å². The number of hydrogen-bond acceptors (Lipinski definition) is 5. The van der Waals surface area contributed by atoms with Crippen molar-refractivity contribution in [3.63, 3.8) is 0 Å². The highest BCUT2D eigenvalue weighted by Gasteiger charge is 2.24. The summed E-state index contributed by atoms with van der Waals surface area (Å²) < 4.78 is 16.3. The summed E-state index contributed by atoms with van der Waals surface area (Å²) in [4.78, 5) is 25.4. The Balaban J connectivity index is 1.60. The van der Waals surface area contributed by atoms with Crippen LogP contribution in [0.4, 0.5) is 0 Å². The number of carbonyl (C=O) groups excluding carboxylic acids is 1. The van der Waals surface area contributed by atoms with Crippen molar-refractivity contribution < 1.29 is 18.7 Å². The van der Waals surface area contributed by atoms with Gasteiger partial charge in [0.1, 0.15) is 11.3 Å². The Labute approximate surface area is 140 Å². The second kappa shape index (κ2) is 7.49. The van der Waals surface area contributed by atoms with Gasteiger partial charge in [0.05, 0.1) is 6.10 Å². The Morgan fingerprint density at radius 2 is 2.17 bits per heavy atom. The lowest BCUT2D eigenvalue weighted by Gasteiger charge is -2.32. The third kappa shape index (κ3) is 3.94. The van der Waals surface area contributed by atoms with Crippen molar-refractivity contribution in [3.8, 4) is 5.75 Å². The molecule has 1 amide bonds. The Bertz CT molecular complexity index is 767. The lowest BCUT2D eigenvalue weighted by atomic mass is 10.1. The average molecular weight is 331 g/mol. The Kier molecular flexibility index (Phi) is 5.15. The highest BCUT2D eigenvalue weighted by atomic mass is 16.5. The smallest absolute Gasteiger partial charge is 0.336 e. The van der Waals surface area contributed by atoms with Crippen LogP contribution in [-0.2, 0) is 9.53 Å². The molecule has 2 aromatic rings. The molecule has 0 saturated carbocycles. The van der Waals surface area contributed by atoms with Gasteiger partial charge in [-0.3, -0.25) is 4.79 Å². The van der Waals surface area contributed by atoms with Crippen molar-refractivity contribution >= 4 is 16.9 Å². The van der Waals surface area contributed by atoms with E-state index < -0.39 is 5.63 Å². The van der Waals surface area contributed by atoms with Gasteiger partial charge >= 0.3 is 5.63 Å². The van der Waals surface area contributed by atoms with Gasteiger partial charge in [0.25, 0.3) is 5.91 Å². The molecule has 0 N–H and O–H groups in total. The molecular formula is C18H21NO5. The van der Waals surface area contributed by atoms with E-state index in [-0.39, 0.29) is 18.6 Å². The summed E-state index contributed by atoms with van der Waals surface area (Å²) in [5.41, 5.74) is 0.0350. The molecule has 1 aromatic carbocycles. The number of nitrogens with zero attached hydrogens (tertiary/aromatic N) is 1. The van der Waals surface area contributed by atoms with Crippen LogP contribution >= 0.6 is 0 Å². The van der Waals surface area contributed by atoms with Gasteiger partial charge in [0, 0.05) is 37.2 Å². The highest BCUT2D eigenvalue weighted by molar-refractivity contribution is 5.79. The van der Waals surface area contributed by atoms with Crippen LogP contribution in [0, 0.1) is 0 Å². The molecule has 1 aliphatic rings. The molecule has 0 radical (unpaired) electrons. The molecular weight excluding hydrogens is 310 g/mol. The van der Waals surface area contributed by atoms with Crippen molar-refractivity contribution in [3.05, 3.63) is 40.8 Å². The zero-order valence-electron chi connectivity index (χ0n) is 13.7. The van der Waals surface area contributed by atoms with Gasteiger partial charge in [-0.1, -0.05) is 0 Å². The van der Waals surface area contributed by atoms with Crippen molar-refractivity contribution in [1.29, 1.82) is 0 Å². The zero-order chi connectivity index (χ0) is 16.9. The van der Waals surface area contributed by atoms with E-state index in [1.54, 1.807) is 29.2 Å². The number of hydrogen-bond donors (Lipinski definition) is 0. The van der Waals surface area contributed by atoms with Crippen LogP contribution in [-0.4, -0.2) is 43.2 Å². The molecule has 6 nitrogen and oxygen atoms in total. The summed E-state index contributed by atoms with van der Waals surface area (Å²) in [7, 11) is 0. The molecule has 128 valence electrons. The highest BCUT2D eigenvalue weighted by Crippen LogP contribution is 2.20. The number of rotatable bonds is 5. The van der Waals surface area contributed by atoms with Gasteiger partial charge in [0.2, 0.25) is 0 Å². The largest absolute Gasteiger partial charge is 0.484 e. The normalized spacial score (nSPS) is 17.9. The molecule has 1 fully saturated rings. The van der Waals surface area contributed by atoms with E-state index >= 15 is 0 Å². The minimum absolute atomic E-state index is 0.0403. The second-order valence-corrected chi connectivity index (χ2v) is 5.80. The van der Waals surface area contributed by atoms with Crippen molar-refractivity contribution in [1.82, 2.24) is 4.90 Å². The van der Waals surface area contributed by atoms with Gasteiger partial charge < -0.3 is 18.8 Å². The van der Waals surface area contributed by atoms with Crippen molar-refractivity contribution in [2.24, 2.45) is 0 Å². The predicted molar refractivity (Wildman–Crippen MR) is 89.2 cm³/mol. The van der Waals surface area contributed by atoms with Gasteiger partial charge in [-0.15, -0.1) is 0 Å². The fourth-order valence-corrected chi connectivity index (χ4v) is 2.90. The zero-order valence-corrected chi connectivity index (χ0v) is 13.7. The molecule has 1 aliphatic heterocycles. The molecule has 0 spiro atoms. The molecule has 6 heteroatoms. The number of likely N-dealkylation sites (tertiary alicyclic amines) is 1. The molecule has 1 atom stereocenters. The van der Waals surface area contributed by atoms with Crippen LogP contribution < -0.4 is 10.4 Å². The number of amides is 1. The third-order valence-corrected chi connectivity index (χ3v) is 4.09. The summed E-state index contributed by atoms with van der Waals surface area (Å²) in [5.74, 6) is 0.442. The summed E-state index contributed by atoms with van der Waals surface area (Å²) in [6.07, 6.45) is 2.04. The minimum atomic E-state index is -0.411. The topological polar surface area (TPSA) is 69.0 Å². The third-order valence-electron chi connectivity index (χ3n) is 4.09. The van der Waals surface area contributed by atoms with E-state index in [0.717, 1.165) is 24.8 Å². The van der Waals surface area contributed by atoms with Crippen molar-refractivity contribution in [2.45, 2.75) is 25.9 Å². The number of ether oxygens (including phenoxy) is 2. The SMILES string of the molecule is CCOC1CCCN(C(=O)COc2ccc3ccc(=O)oc3c2)C1.